The second-order valence-corrected chi connectivity index (χ2v) is 8.54. The summed E-state index contributed by atoms with van der Waals surface area (Å²) in [7, 11) is 0. The third-order valence-electron chi connectivity index (χ3n) is 6.59. The molecular weight excluding hydrogens is 314 g/mol. The highest BCUT2D eigenvalue weighted by Crippen LogP contribution is 2.61. The van der Waals surface area contributed by atoms with Crippen LogP contribution in [-0.2, 0) is 5.41 Å². The molecule has 1 aliphatic heterocycles. The van der Waals surface area contributed by atoms with E-state index in [1.807, 2.05) is 6.07 Å². The van der Waals surface area contributed by atoms with Gasteiger partial charge in [-0.2, -0.15) is 0 Å². The fourth-order valence-corrected chi connectivity index (χ4v) is 5.57. The first-order valence-corrected chi connectivity index (χ1v) is 9.42. The lowest BCUT2D eigenvalue weighted by atomic mass is 9.61. The zero-order valence-corrected chi connectivity index (χ0v) is 15.9. The fourth-order valence-electron chi connectivity index (χ4n) is 5.39. The number of rotatable bonds is 1. The molecule has 0 aromatic heterocycles. The van der Waals surface area contributed by atoms with Gasteiger partial charge in [0.2, 0.25) is 0 Å². The molecule has 2 aliphatic rings. The van der Waals surface area contributed by atoms with Crippen molar-refractivity contribution in [3.8, 4) is 0 Å². The minimum absolute atomic E-state index is 0.108. The summed E-state index contributed by atoms with van der Waals surface area (Å²) < 4.78 is 0. The maximum Gasteiger partial charge on any atom is 0.0518 e. The monoisotopic (exact) mass is 339 g/mol. The zero-order valence-electron chi connectivity index (χ0n) is 15.1. The van der Waals surface area contributed by atoms with E-state index in [4.69, 9.17) is 11.6 Å². The van der Waals surface area contributed by atoms with Crippen LogP contribution in [0.25, 0.3) is 0 Å². The van der Waals surface area contributed by atoms with Crippen LogP contribution < -0.4 is 4.90 Å². The SMILES string of the molecule is Cc1cc(C)c2c(c1)N(c1cccc(Cl)c1)C1(C)CCCCC21C. The van der Waals surface area contributed by atoms with E-state index in [0.29, 0.717) is 0 Å². The number of halogens is 1. The molecule has 1 saturated carbocycles. The topological polar surface area (TPSA) is 3.24 Å². The molecule has 1 aliphatic carbocycles. The summed E-state index contributed by atoms with van der Waals surface area (Å²) in [5.74, 6) is 0. The smallest absolute Gasteiger partial charge is 0.0518 e. The quantitative estimate of drug-likeness (QED) is 0.558. The number of benzene rings is 2. The third kappa shape index (κ3) is 2.00. The average molecular weight is 340 g/mol. The van der Waals surface area contributed by atoms with Gasteiger partial charge in [0.25, 0.3) is 0 Å². The van der Waals surface area contributed by atoms with Crippen molar-refractivity contribution >= 4 is 23.0 Å². The Morgan fingerprint density at radius 3 is 2.50 bits per heavy atom. The largest absolute Gasteiger partial charge is 0.334 e. The normalized spacial score (nSPS) is 28.6. The van der Waals surface area contributed by atoms with Gasteiger partial charge in [-0.3, -0.25) is 0 Å². The third-order valence-corrected chi connectivity index (χ3v) is 6.83. The van der Waals surface area contributed by atoms with Crippen LogP contribution in [-0.4, -0.2) is 5.54 Å². The van der Waals surface area contributed by atoms with Crippen LogP contribution in [0.4, 0.5) is 11.4 Å². The molecule has 0 amide bonds. The van der Waals surface area contributed by atoms with Gasteiger partial charge in [-0.15, -0.1) is 0 Å². The van der Waals surface area contributed by atoms with Gasteiger partial charge in [-0.05, 0) is 74.6 Å². The van der Waals surface area contributed by atoms with Gasteiger partial charge in [0.05, 0.1) is 5.54 Å². The molecule has 1 heterocycles. The molecule has 1 nitrogen and oxygen atoms in total. The molecule has 2 atom stereocenters. The fraction of sp³-hybridized carbons (Fsp3) is 0.455. The number of hydrogen-bond donors (Lipinski definition) is 0. The van der Waals surface area contributed by atoms with Crippen molar-refractivity contribution in [2.45, 2.75) is 64.3 Å². The van der Waals surface area contributed by atoms with Crippen LogP contribution in [0.1, 0.15) is 56.2 Å². The maximum atomic E-state index is 6.34. The van der Waals surface area contributed by atoms with Gasteiger partial charge in [-0.25, -0.2) is 0 Å². The highest BCUT2D eigenvalue weighted by molar-refractivity contribution is 6.30. The standard InChI is InChI=1S/C22H26ClN/c1-15-12-16(2)20-19(13-15)24(18-9-7-8-17(23)14-18)22(4)11-6-5-10-21(20,22)3/h7-9,12-14H,5-6,10-11H2,1-4H3. The first-order chi connectivity index (χ1) is 11.4. The molecule has 24 heavy (non-hydrogen) atoms. The Morgan fingerprint density at radius 2 is 1.75 bits per heavy atom. The van der Waals surface area contributed by atoms with Crippen molar-refractivity contribution in [3.05, 3.63) is 58.1 Å². The van der Waals surface area contributed by atoms with Crippen molar-refractivity contribution in [2.24, 2.45) is 0 Å². The van der Waals surface area contributed by atoms with Crippen LogP contribution in [0.15, 0.2) is 36.4 Å². The Balaban J connectivity index is 2.03. The molecule has 0 bridgehead atoms. The highest BCUT2D eigenvalue weighted by atomic mass is 35.5. The minimum atomic E-state index is 0.108. The summed E-state index contributed by atoms with van der Waals surface area (Å²) in [4.78, 5) is 2.59. The van der Waals surface area contributed by atoms with Crippen LogP contribution in [0, 0.1) is 13.8 Å². The zero-order chi connectivity index (χ0) is 17.1. The summed E-state index contributed by atoms with van der Waals surface area (Å²) in [5, 5.41) is 0.812. The Labute approximate surface area is 150 Å². The van der Waals surface area contributed by atoms with Crippen molar-refractivity contribution in [2.75, 3.05) is 4.90 Å². The lowest BCUT2D eigenvalue weighted by Crippen LogP contribution is -2.54. The molecular formula is C22H26ClN. The molecule has 0 spiro atoms. The number of hydrogen-bond acceptors (Lipinski definition) is 1. The predicted octanol–water partition coefficient (Wildman–Crippen LogP) is 6.70. The lowest BCUT2D eigenvalue weighted by Gasteiger charge is -2.50. The van der Waals surface area contributed by atoms with E-state index in [2.05, 4.69) is 62.9 Å². The molecule has 4 rings (SSSR count). The molecule has 1 fully saturated rings. The van der Waals surface area contributed by atoms with E-state index < -0.39 is 0 Å². The molecule has 2 heteroatoms. The summed E-state index contributed by atoms with van der Waals surface area (Å²) in [5.41, 5.74) is 7.24. The van der Waals surface area contributed by atoms with E-state index in [9.17, 15) is 0 Å². The maximum absolute atomic E-state index is 6.34. The molecule has 0 radical (unpaired) electrons. The van der Waals surface area contributed by atoms with E-state index in [-0.39, 0.29) is 11.0 Å². The van der Waals surface area contributed by atoms with Crippen LogP contribution >= 0.6 is 11.6 Å². The average Bonchev–Trinajstić information content (AvgIpc) is 2.71. The Morgan fingerprint density at radius 1 is 1.00 bits per heavy atom. The first-order valence-electron chi connectivity index (χ1n) is 9.04. The van der Waals surface area contributed by atoms with Crippen molar-refractivity contribution in [1.29, 1.82) is 0 Å². The van der Waals surface area contributed by atoms with Crippen LogP contribution in [0.2, 0.25) is 5.02 Å². The van der Waals surface area contributed by atoms with Crippen molar-refractivity contribution in [1.82, 2.24) is 0 Å². The Hall–Kier alpha value is -1.47. The van der Waals surface area contributed by atoms with Gasteiger partial charge in [0, 0.05) is 21.8 Å². The molecule has 0 saturated heterocycles. The predicted molar refractivity (Wildman–Crippen MR) is 104 cm³/mol. The summed E-state index contributed by atoms with van der Waals surface area (Å²) in [6, 6.07) is 13.1. The molecule has 0 N–H and O–H groups in total. The first kappa shape index (κ1) is 16.0. The van der Waals surface area contributed by atoms with E-state index in [1.54, 1.807) is 5.56 Å². The number of fused-ring (bicyclic) bond motifs is 3. The Kier molecular flexibility index (Phi) is 3.51. The van der Waals surface area contributed by atoms with Crippen molar-refractivity contribution < 1.29 is 0 Å². The van der Waals surface area contributed by atoms with Crippen LogP contribution in [0.3, 0.4) is 0 Å². The number of aryl methyl sites for hydroxylation is 2. The van der Waals surface area contributed by atoms with Gasteiger partial charge in [-0.1, -0.05) is 43.5 Å². The second kappa shape index (κ2) is 5.26. The molecule has 2 unspecified atom stereocenters. The van der Waals surface area contributed by atoms with Crippen LogP contribution in [0.5, 0.6) is 0 Å². The van der Waals surface area contributed by atoms with Gasteiger partial charge >= 0.3 is 0 Å². The molecule has 126 valence electrons. The second-order valence-electron chi connectivity index (χ2n) is 8.10. The van der Waals surface area contributed by atoms with E-state index >= 15 is 0 Å². The summed E-state index contributed by atoms with van der Waals surface area (Å²) in [6.07, 6.45) is 5.11. The number of nitrogens with zero attached hydrogens (tertiary/aromatic N) is 1. The van der Waals surface area contributed by atoms with E-state index in [1.165, 1.54) is 48.2 Å². The number of anilines is 2. The van der Waals surface area contributed by atoms with E-state index in [0.717, 1.165) is 5.02 Å². The minimum Gasteiger partial charge on any atom is -0.334 e. The van der Waals surface area contributed by atoms with Crippen molar-refractivity contribution in [3.63, 3.8) is 0 Å². The van der Waals surface area contributed by atoms with Gasteiger partial charge in [0.15, 0.2) is 0 Å². The summed E-state index contributed by atoms with van der Waals surface area (Å²) >= 11 is 6.34. The Bertz CT molecular complexity index is 812. The molecule has 2 aromatic rings. The lowest BCUT2D eigenvalue weighted by molar-refractivity contribution is 0.194. The van der Waals surface area contributed by atoms with Gasteiger partial charge < -0.3 is 4.90 Å². The molecule has 2 aromatic carbocycles. The highest BCUT2D eigenvalue weighted by Gasteiger charge is 2.58. The summed E-state index contributed by atoms with van der Waals surface area (Å²) in [6.45, 7) is 9.43. The van der Waals surface area contributed by atoms with Gasteiger partial charge in [0.1, 0.15) is 0 Å².